The van der Waals surface area contributed by atoms with Gasteiger partial charge in [0.2, 0.25) is 0 Å². The van der Waals surface area contributed by atoms with Crippen molar-refractivity contribution in [2.24, 2.45) is 0 Å². The van der Waals surface area contributed by atoms with E-state index in [-0.39, 0.29) is 55.3 Å². The molecule has 5 heteroatoms. The van der Waals surface area contributed by atoms with Crippen molar-refractivity contribution < 1.29 is 46.5 Å². The maximum absolute atomic E-state index is 3.01. The molecule has 0 unspecified atom stereocenters. The third-order valence-electron chi connectivity index (χ3n) is 3.76. The third-order valence-corrected chi connectivity index (χ3v) is 5.20. The molecular formula is C18H22Cl2NSiTi. The molecule has 0 aliphatic carbocycles. The second-order valence-corrected chi connectivity index (χ2v) is 8.08. The fourth-order valence-corrected chi connectivity index (χ4v) is 2.98. The molecule has 3 rings (SSSR count). The normalized spacial score (nSPS) is 9.30. The van der Waals surface area contributed by atoms with Gasteiger partial charge in [-0.15, -0.1) is 41.5 Å². The number of aryl methyl sites for hydroxylation is 2. The van der Waals surface area contributed by atoms with Gasteiger partial charge in [-0.3, -0.25) is 0 Å². The summed E-state index contributed by atoms with van der Waals surface area (Å²) < 4.78 is 0. The predicted molar refractivity (Wildman–Crippen MR) is 90.5 cm³/mol. The topological polar surface area (TPSA) is 15.8 Å². The first-order valence-corrected chi connectivity index (χ1v) is 9.48. The van der Waals surface area contributed by atoms with Crippen LogP contribution in [0.15, 0.2) is 36.4 Å². The average molecular weight is 399 g/mol. The van der Waals surface area contributed by atoms with Crippen LogP contribution in [0, 0.1) is 27.0 Å². The molecule has 1 N–H and O–H groups in total. The van der Waals surface area contributed by atoms with Crippen LogP contribution in [0.25, 0.3) is 10.8 Å². The molecule has 3 aromatic rings. The molecule has 0 aliphatic rings. The summed E-state index contributed by atoms with van der Waals surface area (Å²) in [6.45, 7) is 10.9. The van der Waals surface area contributed by atoms with Crippen molar-refractivity contribution in [3.05, 3.63) is 59.4 Å². The third kappa shape index (κ3) is 6.56. The molecule has 1 radical (unpaired) electrons. The Kier molecular flexibility index (Phi) is 12.1. The van der Waals surface area contributed by atoms with Crippen LogP contribution in [0.1, 0.15) is 16.8 Å². The van der Waals surface area contributed by atoms with Gasteiger partial charge in [0.1, 0.15) is 0 Å². The molecule has 121 valence electrons. The van der Waals surface area contributed by atoms with E-state index in [0.29, 0.717) is 0 Å². The van der Waals surface area contributed by atoms with Crippen molar-refractivity contribution in [1.82, 2.24) is 4.98 Å². The number of aromatic amines is 1. The number of hydrogen-bond acceptors (Lipinski definition) is 0. The maximum atomic E-state index is 3.01. The van der Waals surface area contributed by atoms with E-state index < -0.39 is 0 Å². The first-order chi connectivity index (χ1) is 9.49. The number of H-pyrrole nitrogens is 1. The molecule has 23 heavy (non-hydrogen) atoms. The van der Waals surface area contributed by atoms with Gasteiger partial charge in [0.15, 0.2) is 0 Å². The number of rotatable bonds is 1. The van der Waals surface area contributed by atoms with Crippen LogP contribution >= 0.6 is 0 Å². The summed E-state index contributed by atoms with van der Waals surface area (Å²) in [5.41, 5.74) is 3.77. The van der Waals surface area contributed by atoms with E-state index in [1.807, 2.05) is 0 Å². The van der Waals surface area contributed by atoms with E-state index >= 15 is 0 Å². The smallest absolute Gasteiger partial charge is 1.00 e. The summed E-state index contributed by atoms with van der Waals surface area (Å²) in [6, 6.07) is 13.2. The predicted octanol–water partition coefficient (Wildman–Crippen LogP) is -1.73. The Balaban J connectivity index is 0. The number of halogens is 2. The van der Waals surface area contributed by atoms with Crippen LogP contribution < -0.4 is 30.0 Å². The van der Waals surface area contributed by atoms with Gasteiger partial charge in [-0.05, 0) is 0 Å². The number of aromatic nitrogens is 1. The van der Waals surface area contributed by atoms with Crippen molar-refractivity contribution in [1.29, 1.82) is 0 Å². The standard InChI is InChI=1S/C11H12Si.C7H10N.2ClH.Ti/c1-12(2)11-7-9-5-3-4-6-10(9)8-11;1-5-4-8-7(3)6(5)2;;;/h3-8H,1-2H3;8H,1-3H3;2*1H;/q2*-1;;;+4/p-2. The molecule has 0 aliphatic heterocycles. The van der Waals surface area contributed by atoms with Gasteiger partial charge >= 0.3 is 21.7 Å². The van der Waals surface area contributed by atoms with E-state index in [4.69, 9.17) is 0 Å². The Bertz CT molecular complexity index is 651. The summed E-state index contributed by atoms with van der Waals surface area (Å²) in [4.78, 5) is 3.01. The van der Waals surface area contributed by atoms with E-state index in [0.717, 1.165) is 0 Å². The first-order valence-electron chi connectivity index (χ1n) is 6.98. The number of hydrogen-bond donors (Lipinski definition) is 1. The maximum Gasteiger partial charge on any atom is 4.00 e. The van der Waals surface area contributed by atoms with Crippen molar-refractivity contribution >= 4 is 24.8 Å². The van der Waals surface area contributed by atoms with Crippen LogP contribution in [0.5, 0.6) is 0 Å². The fourth-order valence-electron chi connectivity index (χ4n) is 2.10. The van der Waals surface area contributed by atoms with Gasteiger partial charge in [0, 0.05) is 0 Å². The zero-order valence-corrected chi connectivity index (χ0v) is 18.3. The van der Waals surface area contributed by atoms with Crippen molar-refractivity contribution in [3.63, 3.8) is 0 Å². The van der Waals surface area contributed by atoms with Gasteiger partial charge in [-0.2, -0.15) is 27.8 Å². The Labute approximate surface area is 168 Å². The summed E-state index contributed by atoms with van der Waals surface area (Å²) in [5.74, 6) is 0. The SMILES string of the molecule is C[Si](C)c1cc2ccccc2[cH-]1.Cc1[c-][nH]c(C)c1C.[Cl-].[Cl-].[Ti+4]. The largest absolute Gasteiger partial charge is 4.00 e. The van der Waals surface area contributed by atoms with Crippen LogP contribution in [0.4, 0.5) is 0 Å². The molecule has 0 saturated carbocycles. The summed E-state index contributed by atoms with van der Waals surface area (Å²) in [7, 11) is -0.273. The van der Waals surface area contributed by atoms with E-state index in [2.05, 4.69) is 81.4 Å². The molecule has 0 spiro atoms. The summed E-state index contributed by atoms with van der Waals surface area (Å²) in [5, 5.41) is 4.32. The molecule has 1 nitrogen and oxygen atoms in total. The Hall–Kier alpha value is -0.379. The molecule has 0 saturated heterocycles. The second-order valence-electron chi connectivity index (χ2n) is 5.50. The van der Waals surface area contributed by atoms with Gasteiger partial charge in [0.25, 0.3) is 0 Å². The van der Waals surface area contributed by atoms with Crippen molar-refractivity contribution in [2.75, 3.05) is 0 Å². The minimum absolute atomic E-state index is 0. The minimum atomic E-state index is -0.273. The van der Waals surface area contributed by atoms with Crippen LogP contribution in [-0.2, 0) is 21.7 Å². The van der Waals surface area contributed by atoms with E-state index in [1.54, 1.807) is 5.19 Å². The van der Waals surface area contributed by atoms with Crippen molar-refractivity contribution in [2.45, 2.75) is 33.9 Å². The second kappa shape index (κ2) is 11.2. The molecular weight excluding hydrogens is 377 g/mol. The van der Waals surface area contributed by atoms with Gasteiger partial charge < -0.3 is 29.8 Å². The number of nitrogens with one attached hydrogen (secondary N) is 1. The zero-order valence-electron chi connectivity index (χ0n) is 14.2. The van der Waals surface area contributed by atoms with E-state index in [9.17, 15) is 0 Å². The van der Waals surface area contributed by atoms with Gasteiger partial charge in [0.05, 0.1) is 8.80 Å². The number of benzene rings is 1. The zero-order chi connectivity index (χ0) is 14.7. The minimum Gasteiger partial charge on any atom is -1.00 e. The molecule has 2 aromatic carbocycles. The Morgan fingerprint density at radius 3 is 2.04 bits per heavy atom. The first kappa shape index (κ1) is 24.9. The van der Waals surface area contributed by atoms with Crippen molar-refractivity contribution in [3.8, 4) is 0 Å². The monoisotopic (exact) mass is 398 g/mol. The molecule has 0 fully saturated rings. The molecule has 0 bridgehead atoms. The molecule has 0 amide bonds. The molecule has 1 heterocycles. The Morgan fingerprint density at radius 2 is 1.65 bits per heavy atom. The van der Waals surface area contributed by atoms with Crippen LogP contribution in [-0.4, -0.2) is 13.8 Å². The van der Waals surface area contributed by atoms with E-state index in [1.165, 1.54) is 27.6 Å². The van der Waals surface area contributed by atoms with Gasteiger partial charge in [-0.25, -0.2) is 0 Å². The van der Waals surface area contributed by atoms with Crippen LogP contribution in [0.2, 0.25) is 13.1 Å². The molecule has 0 atom stereocenters. The van der Waals surface area contributed by atoms with Gasteiger partial charge in [-0.1, -0.05) is 39.9 Å². The summed E-state index contributed by atoms with van der Waals surface area (Å²) in [6.07, 6.45) is 3.01. The summed E-state index contributed by atoms with van der Waals surface area (Å²) >= 11 is 0. The van der Waals surface area contributed by atoms with Crippen LogP contribution in [0.3, 0.4) is 0 Å². The average Bonchev–Trinajstić information content (AvgIpc) is 2.99. The fraction of sp³-hybridized carbons (Fsp3) is 0.278. The number of fused-ring (bicyclic) bond motifs is 1. The molecule has 1 aromatic heterocycles. The quantitative estimate of drug-likeness (QED) is 0.370. The Morgan fingerprint density at radius 1 is 1.04 bits per heavy atom.